The van der Waals surface area contributed by atoms with Crippen LogP contribution in [-0.4, -0.2) is 17.7 Å². The van der Waals surface area contributed by atoms with Crippen molar-refractivity contribution in [2.75, 3.05) is 12.8 Å². The Labute approximate surface area is 193 Å². The Balaban J connectivity index is 0. The molecular formula is C24H51CoO3P. The maximum atomic E-state index is 12.0. The van der Waals surface area contributed by atoms with Gasteiger partial charge in [0.1, 0.15) is 0 Å². The van der Waals surface area contributed by atoms with Crippen LogP contribution in [-0.2, 0) is 25.9 Å². The zero-order chi connectivity index (χ0) is 20.8. The van der Waals surface area contributed by atoms with Crippen LogP contribution >= 0.6 is 7.60 Å². The molecule has 5 heteroatoms. The third-order valence-electron chi connectivity index (χ3n) is 5.59. The molecular weight excluding hydrogens is 426 g/mol. The summed E-state index contributed by atoms with van der Waals surface area (Å²) in [6.07, 6.45) is 25.4. The first-order valence-electron chi connectivity index (χ1n) is 12.6. The largest absolute Gasteiger partial charge is 0.328 e. The quantitative estimate of drug-likeness (QED) is 0.118. The predicted octanol–water partition coefficient (Wildman–Crippen LogP) is 9.03. The minimum Gasteiger partial charge on any atom is -0.324 e. The van der Waals surface area contributed by atoms with Gasteiger partial charge in [-0.3, -0.25) is 4.57 Å². The molecule has 0 rings (SSSR count). The summed E-state index contributed by atoms with van der Waals surface area (Å²) in [5.41, 5.74) is 0. The molecule has 0 saturated carbocycles. The van der Waals surface area contributed by atoms with Crippen molar-refractivity contribution in [3.63, 3.8) is 0 Å². The van der Waals surface area contributed by atoms with Gasteiger partial charge < -0.3 is 9.42 Å². The van der Waals surface area contributed by atoms with E-state index in [1.807, 2.05) is 0 Å². The summed E-state index contributed by atoms with van der Waals surface area (Å²) >= 11 is 0. The Bertz CT molecular complexity index is 353. The van der Waals surface area contributed by atoms with E-state index in [9.17, 15) is 9.46 Å². The first-order chi connectivity index (χ1) is 13.6. The maximum absolute atomic E-state index is 12.0. The smallest absolute Gasteiger partial charge is 0.324 e. The average molecular weight is 478 g/mol. The van der Waals surface area contributed by atoms with Crippen molar-refractivity contribution in [2.24, 2.45) is 0 Å². The molecule has 3 nitrogen and oxygen atoms in total. The summed E-state index contributed by atoms with van der Waals surface area (Å²) < 4.78 is 17.3. The number of rotatable bonds is 23. The first kappa shape index (κ1) is 31.8. The van der Waals surface area contributed by atoms with Gasteiger partial charge in [-0.05, 0) is 12.8 Å². The summed E-state index contributed by atoms with van der Waals surface area (Å²) in [5.74, 6) is 0. The van der Waals surface area contributed by atoms with Crippen LogP contribution < -0.4 is 0 Å². The molecule has 0 aliphatic rings. The van der Waals surface area contributed by atoms with Gasteiger partial charge in [-0.25, -0.2) is 0 Å². The normalized spacial score (nSPS) is 13.2. The molecule has 1 atom stereocenters. The predicted molar refractivity (Wildman–Crippen MR) is 124 cm³/mol. The van der Waals surface area contributed by atoms with Gasteiger partial charge in [-0.1, -0.05) is 129 Å². The van der Waals surface area contributed by atoms with Crippen molar-refractivity contribution in [1.29, 1.82) is 0 Å². The zero-order valence-corrected chi connectivity index (χ0v) is 21.5. The van der Waals surface area contributed by atoms with E-state index >= 15 is 0 Å². The molecule has 1 N–H and O–H groups in total. The Kier molecular flexibility index (Phi) is 27.4. The molecule has 0 spiro atoms. The van der Waals surface area contributed by atoms with E-state index in [2.05, 4.69) is 13.8 Å². The maximum Gasteiger partial charge on any atom is 0.328 e. The van der Waals surface area contributed by atoms with Gasteiger partial charge in [-0.15, -0.1) is 0 Å². The van der Waals surface area contributed by atoms with Gasteiger partial charge in [0.15, 0.2) is 0 Å². The van der Waals surface area contributed by atoms with Crippen molar-refractivity contribution in [3.8, 4) is 0 Å². The Morgan fingerprint density at radius 2 is 0.862 bits per heavy atom. The monoisotopic (exact) mass is 477 g/mol. The fourth-order valence-electron chi connectivity index (χ4n) is 3.66. The van der Waals surface area contributed by atoms with Crippen LogP contribution in [0.1, 0.15) is 142 Å². The fourth-order valence-corrected chi connectivity index (χ4v) is 4.83. The minimum atomic E-state index is -3.34. The summed E-state index contributed by atoms with van der Waals surface area (Å²) in [5, 5.41) is 0. The van der Waals surface area contributed by atoms with Gasteiger partial charge in [0.2, 0.25) is 0 Å². The van der Waals surface area contributed by atoms with Gasteiger partial charge in [0.25, 0.3) is 0 Å². The van der Waals surface area contributed by atoms with Crippen molar-refractivity contribution in [1.82, 2.24) is 0 Å². The van der Waals surface area contributed by atoms with Crippen molar-refractivity contribution in [3.05, 3.63) is 0 Å². The van der Waals surface area contributed by atoms with E-state index < -0.39 is 7.60 Å². The Morgan fingerprint density at radius 1 is 0.552 bits per heavy atom. The third kappa shape index (κ3) is 26.6. The molecule has 1 unspecified atom stereocenters. The molecule has 0 amide bonds. The molecule has 179 valence electrons. The molecule has 0 bridgehead atoms. The van der Waals surface area contributed by atoms with E-state index in [1.54, 1.807) is 0 Å². The summed E-state index contributed by atoms with van der Waals surface area (Å²) in [6.45, 7) is 4.95. The average Bonchev–Trinajstić information content (AvgIpc) is 2.67. The number of hydrogen-bond donors (Lipinski definition) is 1. The molecule has 0 heterocycles. The fraction of sp³-hybridized carbons (Fsp3) is 1.00. The zero-order valence-electron chi connectivity index (χ0n) is 19.6. The molecule has 0 aromatic rings. The van der Waals surface area contributed by atoms with Crippen LogP contribution in [0.4, 0.5) is 0 Å². The van der Waals surface area contributed by atoms with Crippen LogP contribution in [0.25, 0.3) is 0 Å². The summed E-state index contributed by atoms with van der Waals surface area (Å²) in [4.78, 5) is 9.91. The van der Waals surface area contributed by atoms with Crippen LogP contribution in [0, 0.1) is 0 Å². The second-order valence-electron chi connectivity index (χ2n) is 8.56. The van der Waals surface area contributed by atoms with Gasteiger partial charge in [0, 0.05) is 22.9 Å². The summed E-state index contributed by atoms with van der Waals surface area (Å²) in [7, 11) is -3.34. The Morgan fingerprint density at radius 3 is 1.24 bits per heavy atom. The molecule has 0 saturated heterocycles. The van der Waals surface area contributed by atoms with Crippen molar-refractivity contribution < 1.29 is 30.8 Å². The van der Waals surface area contributed by atoms with E-state index in [0.717, 1.165) is 25.7 Å². The second kappa shape index (κ2) is 24.9. The SMILES string of the molecule is CCCCCCCCCCCCOP(=O)(O)CCCCCCCCCCCC.[Co]. The van der Waals surface area contributed by atoms with Gasteiger partial charge in [-0.2, -0.15) is 0 Å². The Hall–Kier alpha value is 0.656. The molecule has 0 aromatic carbocycles. The first-order valence-corrected chi connectivity index (χ1v) is 14.3. The minimum absolute atomic E-state index is 0. The molecule has 0 fully saturated rings. The van der Waals surface area contributed by atoms with E-state index in [0.29, 0.717) is 12.8 Å². The van der Waals surface area contributed by atoms with E-state index in [1.165, 1.54) is 103 Å². The topological polar surface area (TPSA) is 46.5 Å². The molecule has 29 heavy (non-hydrogen) atoms. The van der Waals surface area contributed by atoms with Crippen LogP contribution in [0.2, 0.25) is 0 Å². The van der Waals surface area contributed by atoms with Crippen LogP contribution in [0.3, 0.4) is 0 Å². The van der Waals surface area contributed by atoms with Crippen LogP contribution in [0.15, 0.2) is 0 Å². The molecule has 0 aromatic heterocycles. The standard InChI is InChI=1S/C24H51O3P.Co/c1-3-5-7-9-11-13-15-17-19-21-23-27-28(25,26)24-22-20-18-16-14-12-10-8-6-4-2;/h3-24H2,1-2H3,(H,25,26);. The second-order valence-corrected chi connectivity index (χ2v) is 10.5. The van der Waals surface area contributed by atoms with Crippen molar-refractivity contribution in [2.45, 2.75) is 142 Å². The summed E-state index contributed by atoms with van der Waals surface area (Å²) in [6, 6.07) is 0. The molecule has 0 aliphatic carbocycles. The number of hydrogen-bond acceptors (Lipinski definition) is 2. The third-order valence-corrected chi connectivity index (χ3v) is 7.05. The van der Waals surface area contributed by atoms with Gasteiger partial charge >= 0.3 is 7.60 Å². The molecule has 0 aliphatic heterocycles. The number of unbranched alkanes of at least 4 members (excludes halogenated alkanes) is 18. The van der Waals surface area contributed by atoms with Crippen LogP contribution in [0.5, 0.6) is 0 Å². The molecule has 1 radical (unpaired) electrons. The van der Waals surface area contributed by atoms with E-state index in [4.69, 9.17) is 4.52 Å². The van der Waals surface area contributed by atoms with Gasteiger partial charge in [0.05, 0.1) is 6.61 Å². The van der Waals surface area contributed by atoms with E-state index in [-0.39, 0.29) is 16.8 Å². The van der Waals surface area contributed by atoms with Crippen molar-refractivity contribution >= 4 is 7.60 Å².